The van der Waals surface area contributed by atoms with E-state index in [-0.39, 0.29) is 5.97 Å². The maximum absolute atomic E-state index is 14.8. The van der Waals surface area contributed by atoms with E-state index in [2.05, 4.69) is 19.8 Å². The average molecular weight is 811 g/mol. The minimum Gasteiger partial charge on any atom is -0.487 e. The molecule has 55 heavy (non-hydrogen) atoms. The van der Waals surface area contributed by atoms with E-state index in [0.29, 0.717) is 16.8 Å². The fourth-order valence-corrected chi connectivity index (χ4v) is 6.54. The highest BCUT2D eigenvalue weighted by molar-refractivity contribution is 8.04. The number of ether oxygens (including phenoxy) is 4. The second-order valence-corrected chi connectivity index (χ2v) is 13.3. The molecule has 20 heteroatoms. The summed E-state index contributed by atoms with van der Waals surface area (Å²) in [5, 5.41) is 4.51. The number of nitrogens with zero attached hydrogens (tertiary/aromatic N) is 1. The number of carbonyl (C=O) groups excluding carboxylic acids is 3. The van der Waals surface area contributed by atoms with Gasteiger partial charge in [-0.1, -0.05) is 11.8 Å². The van der Waals surface area contributed by atoms with Crippen LogP contribution in [0.2, 0.25) is 0 Å². The molecule has 1 aromatic heterocycles. The number of esters is 1. The molecule has 0 aliphatic carbocycles. The van der Waals surface area contributed by atoms with Crippen LogP contribution in [0.25, 0.3) is 15.9 Å². The highest BCUT2D eigenvalue weighted by Crippen LogP contribution is 2.39. The molecule has 5 N–H and O–H groups in total. The van der Waals surface area contributed by atoms with Gasteiger partial charge in [-0.05, 0) is 77.7 Å². The largest absolute Gasteiger partial charge is 0.573 e. The van der Waals surface area contributed by atoms with Gasteiger partial charge in [0.15, 0.2) is 28.0 Å². The van der Waals surface area contributed by atoms with Crippen LogP contribution in [0.3, 0.4) is 0 Å². The lowest BCUT2D eigenvalue weighted by molar-refractivity contribution is -0.274. The molecule has 6 rings (SSSR count). The standard InChI is InChI=1S/C26H18F7N3O5S.C9H7NO2S/c27-14-5-7-17(21(29)19(14)23(34)37)39-10-25(11-40-18-8-6-15(28)20(22(18)30)24(35)38)36-16(9-42-25)12-1-3-13(4-2-12)41-26(31,32)33;1-12-9(11)6-2-3-7-8(4-6)13-5-10-7/h1-9,36H,10-11H2,(H2,34,37)(H2,35,38);2-5H,1H3. The SMILES string of the molecule is COC(=O)c1ccc2ncsc2c1.NC(=O)c1c(F)ccc(OCC2(COc3ccc(F)c(C(N)=O)c3F)NC(c3ccc(OC(F)(F)F)cc3)=CS2)c1F. The molecule has 2 amide bonds. The van der Waals surface area contributed by atoms with Gasteiger partial charge in [-0.25, -0.2) is 27.3 Å². The van der Waals surface area contributed by atoms with Crippen LogP contribution in [0.1, 0.15) is 36.6 Å². The fourth-order valence-electron chi connectivity index (χ4n) is 4.86. The number of primary amides is 2. The number of alkyl halides is 3. The summed E-state index contributed by atoms with van der Waals surface area (Å²) < 4.78 is 115. The lowest BCUT2D eigenvalue weighted by Gasteiger charge is -2.30. The number of nitrogens with two attached hydrogens (primary N) is 2. The number of fused-ring (bicyclic) bond motifs is 1. The van der Waals surface area contributed by atoms with Crippen molar-refractivity contribution in [2.24, 2.45) is 11.5 Å². The van der Waals surface area contributed by atoms with Crippen LogP contribution in [0.15, 0.2) is 77.6 Å². The number of thiazole rings is 1. The number of hydrogen-bond acceptors (Lipinski definition) is 11. The van der Waals surface area contributed by atoms with E-state index in [1.165, 1.54) is 36.0 Å². The second-order valence-electron chi connectivity index (χ2n) is 11.1. The normalized spacial score (nSPS) is 13.2. The summed E-state index contributed by atoms with van der Waals surface area (Å²) in [7, 11) is 1.37. The van der Waals surface area contributed by atoms with Crippen LogP contribution < -0.4 is 31.0 Å². The molecule has 2 heterocycles. The zero-order valence-electron chi connectivity index (χ0n) is 27.8. The first kappa shape index (κ1) is 40.2. The van der Waals surface area contributed by atoms with Crippen molar-refractivity contribution in [2.75, 3.05) is 20.3 Å². The smallest absolute Gasteiger partial charge is 0.487 e. The number of hydrogen-bond donors (Lipinski definition) is 3. The molecule has 0 atom stereocenters. The minimum absolute atomic E-state index is 0.310. The topological polar surface area (TPSA) is 165 Å². The third kappa shape index (κ3) is 9.57. The van der Waals surface area contributed by atoms with E-state index in [9.17, 15) is 45.1 Å². The first-order valence-electron chi connectivity index (χ1n) is 15.3. The van der Waals surface area contributed by atoms with Crippen molar-refractivity contribution in [3.63, 3.8) is 0 Å². The van der Waals surface area contributed by atoms with Crippen LogP contribution in [0, 0.1) is 23.3 Å². The maximum Gasteiger partial charge on any atom is 0.573 e. The van der Waals surface area contributed by atoms with Gasteiger partial charge in [0.25, 0.3) is 11.8 Å². The number of thioether (sulfide) groups is 1. The Kier molecular flexibility index (Phi) is 12.1. The minimum atomic E-state index is -4.90. The van der Waals surface area contributed by atoms with Crippen molar-refractivity contribution < 1.29 is 64.1 Å². The summed E-state index contributed by atoms with van der Waals surface area (Å²) >= 11 is 2.48. The van der Waals surface area contributed by atoms with Gasteiger partial charge in [0, 0.05) is 5.70 Å². The van der Waals surface area contributed by atoms with Gasteiger partial charge in [0.05, 0.1) is 28.4 Å². The van der Waals surface area contributed by atoms with E-state index in [0.717, 1.165) is 58.4 Å². The third-order valence-corrected chi connectivity index (χ3v) is 9.38. The molecule has 0 bridgehead atoms. The number of carbonyl (C=O) groups is 3. The van der Waals surface area contributed by atoms with Crippen molar-refractivity contribution in [3.05, 3.63) is 123 Å². The molecule has 5 aromatic rings. The van der Waals surface area contributed by atoms with Gasteiger partial charge < -0.3 is 35.7 Å². The lowest BCUT2D eigenvalue weighted by atomic mass is 10.1. The van der Waals surface area contributed by atoms with Gasteiger partial charge in [-0.2, -0.15) is 0 Å². The Balaban J connectivity index is 0.000000373. The molecule has 0 saturated carbocycles. The summed E-state index contributed by atoms with van der Waals surface area (Å²) in [6.07, 6.45) is -4.90. The van der Waals surface area contributed by atoms with Crippen molar-refractivity contribution in [3.8, 4) is 17.2 Å². The first-order valence-corrected chi connectivity index (χ1v) is 17.0. The molecule has 11 nitrogen and oxygen atoms in total. The molecule has 1 aliphatic heterocycles. The van der Waals surface area contributed by atoms with Crippen LogP contribution in [0.4, 0.5) is 30.7 Å². The lowest BCUT2D eigenvalue weighted by Crippen LogP contribution is -2.48. The predicted molar refractivity (Wildman–Crippen MR) is 186 cm³/mol. The molecule has 0 fully saturated rings. The number of methoxy groups -OCH3 is 1. The average Bonchev–Trinajstić information content (AvgIpc) is 3.78. The maximum atomic E-state index is 14.8. The highest BCUT2D eigenvalue weighted by atomic mass is 32.2. The number of rotatable bonds is 11. The van der Waals surface area contributed by atoms with Gasteiger partial charge >= 0.3 is 12.3 Å². The predicted octanol–water partition coefficient (Wildman–Crippen LogP) is 6.91. The van der Waals surface area contributed by atoms with E-state index >= 15 is 0 Å². The summed E-state index contributed by atoms with van der Waals surface area (Å²) in [5.74, 6) is -9.93. The second kappa shape index (κ2) is 16.6. The molecular formula is C35H25F7N4O7S2. The number of amides is 2. The molecule has 0 saturated heterocycles. The molecule has 288 valence electrons. The summed E-state index contributed by atoms with van der Waals surface area (Å²) in [6.45, 7) is -1.00. The first-order chi connectivity index (χ1) is 26.0. The van der Waals surface area contributed by atoms with Crippen molar-refractivity contribution in [1.82, 2.24) is 10.3 Å². The van der Waals surface area contributed by atoms with E-state index < -0.39 is 87.9 Å². The Hall–Kier alpha value is -6.02. The Morgan fingerprint density at radius 1 is 0.818 bits per heavy atom. The Morgan fingerprint density at radius 2 is 1.38 bits per heavy atom. The zero-order chi connectivity index (χ0) is 40.1. The van der Waals surface area contributed by atoms with E-state index in [1.54, 1.807) is 17.6 Å². The monoisotopic (exact) mass is 810 g/mol. The zero-order valence-corrected chi connectivity index (χ0v) is 29.5. The van der Waals surface area contributed by atoms with Crippen LogP contribution >= 0.6 is 23.1 Å². The molecule has 0 radical (unpaired) electrons. The Bertz CT molecular complexity index is 2210. The molecule has 0 unspecified atom stereocenters. The Morgan fingerprint density at radius 3 is 1.89 bits per heavy atom. The molecule has 4 aromatic carbocycles. The van der Waals surface area contributed by atoms with E-state index in [4.69, 9.17) is 20.9 Å². The molecule has 0 spiro atoms. The quantitative estimate of drug-likeness (QED) is 0.0943. The van der Waals surface area contributed by atoms with Gasteiger partial charge in [-0.3, -0.25) is 9.59 Å². The van der Waals surface area contributed by atoms with Crippen molar-refractivity contribution in [2.45, 2.75) is 11.2 Å². The number of halogens is 7. The summed E-state index contributed by atoms with van der Waals surface area (Å²) in [6, 6.07) is 13.4. The van der Waals surface area contributed by atoms with Crippen molar-refractivity contribution >= 4 is 56.8 Å². The number of aromatic nitrogens is 1. The molecular weight excluding hydrogens is 786 g/mol. The van der Waals surface area contributed by atoms with Crippen LogP contribution in [0.5, 0.6) is 17.2 Å². The molecule has 1 aliphatic rings. The van der Waals surface area contributed by atoms with Gasteiger partial charge in [-0.15, -0.1) is 24.5 Å². The number of nitrogens with one attached hydrogen (secondary N) is 1. The van der Waals surface area contributed by atoms with Gasteiger partial charge in [0.1, 0.15) is 41.7 Å². The summed E-state index contributed by atoms with van der Waals surface area (Å²) in [5.41, 5.74) is 11.9. The van der Waals surface area contributed by atoms with Crippen LogP contribution in [-0.4, -0.2) is 54.3 Å². The fraction of sp³-hybridized carbons (Fsp3) is 0.143. The highest BCUT2D eigenvalue weighted by Gasteiger charge is 2.39. The van der Waals surface area contributed by atoms with Crippen molar-refractivity contribution in [1.29, 1.82) is 0 Å². The number of benzene rings is 4. The summed E-state index contributed by atoms with van der Waals surface area (Å²) in [4.78, 5) is 36.8. The third-order valence-electron chi connectivity index (χ3n) is 7.44. The van der Waals surface area contributed by atoms with Gasteiger partial charge in [0.2, 0.25) is 0 Å². The van der Waals surface area contributed by atoms with Crippen LogP contribution in [-0.2, 0) is 4.74 Å². The Labute approximate surface area is 314 Å². The van der Waals surface area contributed by atoms with E-state index in [1.807, 2.05) is 6.07 Å².